The van der Waals surface area contributed by atoms with Crippen LogP contribution in [-0.4, -0.2) is 13.1 Å². The average molecular weight is 279 g/mol. The third-order valence-corrected chi connectivity index (χ3v) is 5.60. The molecule has 1 heterocycles. The molecule has 1 nitrogen and oxygen atoms in total. The number of hydrogen-bond acceptors (Lipinski definition) is 2. The van der Waals surface area contributed by atoms with Crippen LogP contribution < -0.4 is 5.32 Å². The van der Waals surface area contributed by atoms with Gasteiger partial charge >= 0.3 is 0 Å². The van der Waals surface area contributed by atoms with E-state index in [1.807, 2.05) is 11.3 Å². The van der Waals surface area contributed by atoms with Gasteiger partial charge in [-0.1, -0.05) is 26.7 Å². The van der Waals surface area contributed by atoms with Crippen molar-refractivity contribution in [3.05, 3.63) is 22.4 Å². The summed E-state index contributed by atoms with van der Waals surface area (Å²) in [4.78, 5) is 0. The number of nitrogens with one attached hydrogen (secondary N) is 1. The van der Waals surface area contributed by atoms with Crippen molar-refractivity contribution in [3.63, 3.8) is 0 Å². The Morgan fingerprint density at radius 3 is 2.84 bits per heavy atom. The molecule has 1 N–H and O–H groups in total. The summed E-state index contributed by atoms with van der Waals surface area (Å²) >= 11 is 1.83. The summed E-state index contributed by atoms with van der Waals surface area (Å²) in [7, 11) is 0. The van der Waals surface area contributed by atoms with E-state index in [2.05, 4.69) is 36.0 Å². The van der Waals surface area contributed by atoms with Crippen LogP contribution in [-0.2, 0) is 6.42 Å². The standard InChI is InChI=1S/C17H29NS/c1-3-14-5-8-17(12-18-4-2)16(11-14)7-6-15-9-10-19-13-15/h9-10,13-14,16-18H,3-8,11-12H2,1-2H3. The predicted molar refractivity (Wildman–Crippen MR) is 85.8 cm³/mol. The van der Waals surface area contributed by atoms with Gasteiger partial charge in [-0.3, -0.25) is 0 Å². The van der Waals surface area contributed by atoms with Gasteiger partial charge in [0.2, 0.25) is 0 Å². The Hall–Kier alpha value is -0.340. The van der Waals surface area contributed by atoms with Gasteiger partial charge in [-0.05, 0) is 78.9 Å². The third-order valence-electron chi connectivity index (χ3n) is 4.87. The van der Waals surface area contributed by atoms with Crippen LogP contribution in [0.3, 0.4) is 0 Å². The molecule has 1 aliphatic rings. The van der Waals surface area contributed by atoms with Crippen molar-refractivity contribution in [1.82, 2.24) is 5.32 Å². The number of rotatable bonds is 7. The molecule has 2 rings (SSSR count). The van der Waals surface area contributed by atoms with Gasteiger partial charge in [0.15, 0.2) is 0 Å². The van der Waals surface area contributed by atoms with Gasteiger partial charge < -0.3 is 5.32 Å². The zero-order chi connectivity index (χ0) is 13.5. The second-order valence-corrected chi connectivity index (χ2v) is 6.87. The Morgan fingerprint density at radius 1 is 1.26 bits per heavy atom. The lowest BCUT2D eigenvalue weighted by atomic mass is 9.71. The van der Waals surface area contributed by atoms with E-state index in [1.165, 1.54) is 45.1 Å². The minimum absolute atomic E-state index is 0.918. The van der Waals surface area contributed by atoms with Gasteiger partial charge in [0, 0.05) is 0 Å². The number of thiophene rings is 1. The maximum atomic E-state index is 3.58. The van der Waals surface area contributed by atoms with E-state index in [4.69, 9.17) is 0 Å². The average Bonchev–Trinajstić information content (AvgIpc) is 2.96. The van der Waals surface area contributed by atoms with E-state index in [1.54, 1.807) is 5.56 Å². The van der Waals surface area contributed by atoms with Gasteiger partial charge in [-0.15, -0.1) is 0 Å². The Morgan fingerprint density at radius 2 is 2.16 bits per heavy atom. The van der Waals surface area contributed by atoms with Crippen molar-refractivity contribution in [1.29, 1.82) is 0 Å². The highest BCUT2D eigenvalue weighted by atomic mass is 32.1. The first-order valence-electron chi connectivity index (χ1n) is 8.05. The molecule has 0 radical (unpaired) electrons. The summed E-state index contributed by atoms with van der Waals surface area (Å²) in [5, 5.41) is 8.10. The smallest absolute Gasteiger partial charge is 0.00180 e. The van der Waals surface area contributed by atoms with Crippen LogP contribution in [0.1, 0.15) is 51.5 Å². The highest BCUT2D eigenvalue weighted by Crippen LogP contribution is 2.37. The van der Waals surface area contributed by atoms with Gasteiger partial charge in [-0.2, -0.15) is 11.3 Å². The van der Waals surface area contributed by atoms with Crippen LogP contribution in [0.5, 0.6) is 0 Å². The maximum absolute atomic E-state index is 3.58. The molecule has 3 unspecified atom stereocenters. The topological polar surface area (TPSA) is 12.0 Å². The summed E-state index contributed by atoms with van der Waals surface area (Å²) < 4.78 is 0. The van der Waals surface area contributed by atoms with Gasteiger partial charge in [0.1, 0.15) is 0 Å². The first kappa shape index (κ1) is 15.1. The monoisotopic (exact) mass is 279 g/mol. The molecule has 1 saturated carbocycles. The lowest BCUT2D eigenvalue weighted by Crippen LogP contribution is -2.33. The molecule has 19 heavy (non-hydrogen) atoms. The molecular weight excluding hydrogens is 250 g/mol. The van der Waals surface area contributed by atoms with Crippen LogP contribution in [0.15, 0.2) is 16.8 Å². The van der Waals surface area contributed by atoms with E-state index < -0.39 is 0 Å². The molecule has 1 aromatic heterocycles. The second kappa shape index (κ2) is 8.06. The third kappa shape index (κ3) is 4.61. The fourth-order valence-electron chi connectivity index (χ4n) is 3.53. The summed E-state index contributed by atoms with van der Waals surface area (Å²) in [5.41, 5.74) is 1.55. The molecule has 0 amide bonds. The van der Waals surface area contributed by atoms with Crippen molar-refractivity contribution in [2.45, 2.75) is 52.4 Å². The largest absolute Gasteiger partial charge is 0.317 e. The van der Waals surface area contributed by atoms with Crippen molar-refractivity contribution in [3.8, 4) is 0 Å². The second-order valence-electron chi connectivity index (χ2n) is 6.09. The van der Waals surface area contributed by atoms with E-state index >= 15 is 0 Å². The van der Waals surface area contributed by atoms with Crippen LogP contribution in [0, 0.1) is 17.8 Å². The first-order chi connectivity index (χ1) is 9.33. The number of aryl methyl sites for hydroxylation is 1. The fourth-order valence-corrected chi connectivity index (χ4v) is 4.24. The quantitative estimate of drug-likeness (QED) is 0.760. The van der Waals surface area contributed by atoms with E-state index in [0.29, 0.717) is 0 Å². The van der Waals surface area contributed by atoms with Crippen LogP contribution >= 0.6 is 11.3 Å². The SMILES string of the molecule is CCNCC1CCC(CC)CC1CCc1ccsc1. The zero-order valence-electron chi connectivity index (χ0n) is 12.5. The van der Waals surface area contributed by atoms with E-state index in [0.717, 1.165) is 24.3 Å². The Labute approximate surface area is 122 Å². The highest BCUT2D eigenvalue weighted by molar-refractivity contribution is 7.07. The molecule has 0 aliphatic heterocycles. The van der Waals surface area contributed by atoms with Crippen LogP contribution in [0.2, 0.25) is 0 Å². The lowest BCUT2D eigenvalue weighted by Gasteiger charge is -2.36. The minimum atomic E-state index is 0.918. The van der Waals surface area contributed by atoms with Crippen molar-refractivity contribution in [2.75, 3.05) is 13.1 Å². The molecule has 108 valence electrons. The normalized spacial score (nSPS) is 27.6. The van der Waals surface area contributed by atoms with Gasteiger partial charge in [0.25, 0.3) is 0 Å². The number of hydrogen-bond donors (Lipinski definition) is 1. The van der Waals surface area contributed by atoms with Crippen LogP contribution in [0.4, 0.5) is 0 Å². The molecule has 0 aromatic carbocycles. The maximum Gasteiger partial charge on any atom is -0.00180 e. The Kier molecular flexibility index (Phi) is 6.39. The lowest BCUT2D eigenvalue weighted by molar-refractivity contribution is 0.164. The summed E-state index contributed by atoms with van der Waals surface area (Å²) in [6.45, 7) is 6.94. The van der Waals surface area contributed by atoms with E-state index in [-0.39, 0.29) is 0 Å². The first-order valence-corrected chi connectivity index (χ1v) is 8.99. The van der Waals surface area contributed by atoms with Crippen molar-refractivity contribution in [2.24, 2.45) is 17.8 Å². The molecule has 0 bridgehead atoms. The molecule has 1 fully saturated rings. The summed E-state index contributed by atoms with van der Waals surface area (Å²) in [6.07, 6.45) is 8.43. The Bertz CT molecular complexity index is 333. The molecule has 3 atom stereocenters. The fraction of sp³-hybridized carbons (Fsp3) is 0.765. The molecule has 1 aromatic rings. The predicted octanol–water partition coefficient (Wildman–Crippen LogP) is 4.73. The summed E-state index contributed by atoms with van der Waals surface area (Å²) in [5.74, 6) is 2.85. The molecule has 2 heteroatoms. The molecular formula is C17H29NS. The molecule has 1 aliphatic carbocycles. The minimum Gasteiger partial charge on any atom is -0.317 e. The van der Waals surface area contributed by atoms with Gasteiger partial charge in [-0.25, -0.2) is 0 Å². The molecule has 0 saturated heterocycles. The van der Waals surface area contributed by atoms with Crippen molar-refractivity contribution < 1.29 is 0 Å². The van der Waals surface area contributed by atoms with Gasteiger partial charge in [0.05, 0.1) is 0 Å². The van der Waals surface area contributed by atoms with Crippen molar-refractivity contribution >= 4 is 11.3 Å². The summed E-state index contributed by atoms with van der Waals surface area (Å²) in [6, 6.07) is 2.30. The van der Waals surface area contributed by atoms with E-state index in [9.17, 15) is 0 Å². The Balaban J connectivity index is 1.86. The molecule has 0 spiro atoms. The zero-order valence-corrected chi connectivity index (χ0v) is 13.3. The highest BCUT2D eigenvalue weighted by Gasteiger charge is 2.28. The van der Waals surface area contributed by atoms with Crippen LogP contribution in [0.25, 0.3) is 0 Å².